The molecule has 0 aromatic carbocycles. The van der Waals surface area contributed by atoms with Crippen molar-refractivity contribution < 1.29 is 27.8 Å². The van der Waals surface area contributed by atoms with Gasteiger partial charge in [-0.3, -0.25) is 0 Å². The molecule has 2 aliphatic rings. The van der Waals surface area contributed by atoms with Gasteiger partial charge in [-0.25, -0.2) is 13.2 Å². The van der Waals surface area contributed by atoms with E-state index in [1.165, 1.54) is 0 Å². The van der Waals surface area contributed by atoms with Gasteiger partial charge in [0.1, 0.15) is 0 Å². The molecule has 0 aromatic heterocycles. The lowest BCUT2D eigenvalue weighted by molar-refractivity contribution is -0.153. The first-order valence-corrected chi connectivity index (χ1v) is 7.00. The highest BCUT2D eigenvalue weighted by atomic mass is 32.2. The fourth-order valence-corrected chi connectivity index (χ4v) is 3.82. The van der Waals surface area contributed by atoms with Crippen molar-refractivity contribution in [2.75, 3.05) is 18.1 Å². The number of ether oxygens (including phenoxy) is 2. The van der Waals surface area contributed by atoms with Gasteiger partial charge < -0.3 is 14.6 Å². The van der Waals surface area contributed by atoms with Crippen LogP contribution in [-0.2, 0) is 24.1 Å². The number of hydrogen-bond donors (Lipinski definition) is 1. The third kappa shape index (κ3) is 2.53. The van der Waals surface area contributed by atoms with E-state index in [-0.39, 0.29) is 24.0 Å². The molecule has 6 nitrogen and oxygen atoms in total. The standard InChI is InChI=1S/C9H14O6S/c10-8(11)7-4-14-9(15-7)6-2-1-3-16(12,13)5-6/h6-7,9H,1-5H2,(H,10,11). The first-order chi connectivity index (χ1) is 7.48. The van der Waals surface area contributed by atoms with Crippen LogP contribution in [0, 0.1) is 5.92 Å². The van der Waals surface area contributed by atoms with E-state index in [0.717, 1.165) is 0 Å². The van der Waals surface area contributed by atoms with E-state index in [1.807, 2.05) is 0 Å². The van der Waals surface area contributed by atoms with E-state index in [2.05, 4.69) is 0 Å². The number of sulfone groups is 1. The van der Waals surface area contributed by atoms with E-state index in [0.29, 0.717) is 12.8 Å². The minimum atomic E-state index is -3.01. The van der Waals surface area contributed by atoms with Crippen LogP contribution in [0.5, 0.6) is 0 Å². The van der Waals surface area contributed by atoms with Crippen LogP contribution in [-0.4, -0.2) is 50.0 Å². The minimum absolute atomic E-state index is 0.00342. The fourth-order valence-electron chi connectivity index (χ4n) is 2.07. The molecule has 0 amide bonds. The van der Waals surface area contributed by atoms with Crippen LogP contribution in [0.3, 0.4) is 0 Å². The molecule has 0 aliphatic carbocycles. The molecular weight excluding hydrogens is 236 g/mol. The van der Waals surface area contributed by atoms with Gasteiger partial charge in [0.15, 0.2) is 22.2 Å². The lowest BCUT2D eigenvalue weighted by atomic mass is 10.1. The summed E-state index contributed by atoms with van der Waals surface area (Å²) in [6, 6.07) is 0. The lowest BCUT2D eigenvalue weighted by Gasteiger charge is -2.25. The van der Waals surface area contributed by atoms with Crippen LogP contribution >= 0.6 is 0 Å². The summed E-state index contributed by atoms with van der Waals surface area (Å²) in [4.78, 5) is 10.6. The van der Waals surface area contributed by atoms with Crippen molar-refractivity contribution in [2.45, 2.75) is 25.2 Å². The molecule has 2 rings (SSSR count). The van der Waals surface area contributed by atoms with Gasteiger partial charge in [-0.1, -0.05) is 0 Å². The predicted molar refractivity (Wildman–Crippen MR) is 53.6 cm³/mol. The molecule has 7 heteroatoms. The van der Waals surface area contributed by atoms with Crippen LogP contribution in [0.4, 0.5) is 0 Å². The molecule has 3 unspecified atom stereocenters. The molecule has 0 spiro atoms. The molecule has 3 atom stereocenters. The number of carbonyl (C=O) groups is 1. The number of carboxylic acids is 1. The topological polar surface area (TPSA) is 89.9 Å². The van der Waals surface area contributed by atoms with Crippen molar-refractivity contribution in [3.8, 4) is 0 Å². The van der Waals surface area contributed by atoms with Crippen LogP contribution in [0.15, 0.2) is 0 Å². The maximum atomic E-state index is 11.4. The Bertz CT molecular complexity index is 375. The largest absolute Gasteiger partial charge is 0.479 e. The molecule has 0 radical (unpaired) electrons. The second kappa shape index (κ2) is 4.31. The van der Waals surface area contributed by atoms with E-state index in [9.17, 15) is 13.2 Å². The second-order valence-corrected chi connectivity index (χ2v) is 6.41. The normalized spacial score (nSPS) is 38.4. The SMILES string of the molecule is O=C(O)C1COC(C2CCCS(=O)(=O)C2)O1. The summed E-state index contributed by atoms with van der Waals surface area (Å²) in [5.41, 5.74) is 0. The predicted octanol–water partition coefficient (Wildman–Crippen LogP) is -0.363. The maximum Gasteiger partial charge on any atom is 0.335 e. The van der Waals surface area contributed by atoms with Gasteiger partial charge in [-0.2, -0.15) is 0 Å². The third-order valence-corrected chi connectivity index (χ3v) is 4.72. The Balaban J connectivity index is 1.97. The first kappa shape index (κ1) is 11.8. The van der Waals surface area contributed by atoms with Gasteiger partial charge >= 0.3 is 5.97 Å². The van der Waals surface area contributed by atoms with Gasteiger partial charge in [0, 0.05) is 5.92 Å². The van der Waals surface area contributed by atoms with Gasteiger partial charge in [0.05, 0.1) is 18.1 Å². The van der Waals surface area contributed by atoms with Gasteiger partial charge in [0.25, 0.3) is 0 Å². The summed E-state index contributed by atoms with van der Waals surface area (Å²) in [5, 5.41) is 8.71. The van der Waals surface area contributed by atoms with Gasteiger partial charge in [0.2, 0.25) is 0 Å². The maximum absolute atomic E-state index is 11.4. The molecule has 2 heterocycles. The van der Waals surface area contributed by atoms with E-state index < -0.39 is 28.2 Å². The van der Waals surface area contributed by atoms with Crippen molar-refractivity contribution >= 4 is 15.8 Å². The van der Waals surface area contributed by atoms with E-state index in [1.54, 1.807) is 0 Å². The van der Waals surface area contributed by atoms with Crippen molar-refractivity contribution in [1.82, 2.24) is 0 Å². The van der Waals surface area contributed by atoms with E-state index >= 15 is 0 Å². The highest BCUT2D eigenvalue weighted by Crippen LogP contribution is 2.28. The van der Waals surface area contributed by atoms with Crippen molar-refractivity contribution in [1.29, 1.82) is 0 Å². The molecule has 0 bridgehead atoms. The average Bonchev–Trinajstić information content (AvgIpc) is 2.64. The number of rotatable bonds is 2. The Labute approximate surface area is 93.5 Å². The minimum Gasteiger partial charge on any atom is -0.479 e. The summed E-state index contributed by atoms with van der Waals surface area (Å²) in [6.07, 6.45) is -0.352. The Morgan fingerprint density at radius 2 is 2.12 bits per heavy atom. The molecule has 16 heavy (non-hydrogen) atoms. The Hall–Kier alpha value is -0.660. The molecular formula is C9H14O6S. The first-order valence-electron chi connectivity index (χ1n) is 5.18. The van der Waals surface area contributed by atoms with Gasteiger partial charge in [-0.15, -0.1) is 0 Å². The van der Waals surface area contributed by atoms with Crippen molar-refractivity contribution in [2.24, 2.45) is 5.92 Å². The van der Waals surface area contributed by atoms with Crippen LogP contribution in [0.25, 0.3) is 0 Å². The smallest absolute Gasteiger partial charge is 0.335 e. The summed E-state index contributed by atoms with van der Waals surface area (Å²) in [5.74, 6) is -1.06. The zero-order valence-corrected chi connectivity index (χ0v) is 9.48. The quantitative estimate of drug-likeness (QED) is 0.719. The summed E-state index contributed by atoms with van der Waals surface area (Å²) < 4.78 is 33.2. The highest BCUT2D eigenvalue weighted by Gasteiger charge is 2.39. The molecule has 2 saturated heterocycles. The molecule has 2 aliphatic heterocycles. The molecule has 2 fully saturated rings. The van der Waals surface area contributed by atoms with Crippen molar-refractivity contribution in [3.63, 3.8) is 0 Å². The van der Waals surface area contributed by atoms with Crippen molar-refractivity contribution in [3.05, 3.63) is 0 Å². The fraction of sp³-hybridized carbons (Fsp3) is 0.889. The Kier molecular flexibility index (Phi) is 3.18. The third-order valence-electron chi connectivity index (χ3n) is 2.87. The zero-order chi connectivity index (χ0) is 11.8. The number of carboxylic acid groups (broad SMARTS) is 1. The van der Waals surface area contributed by atoms with Crippen LogP contribution < -0.4 is 0 Å². The van der Waals surface area contributed by atoms with E-state index in [4.69, 9.17) is 14.6 Å². The lowest BCUT2D eigenvalue weighted by Crippen LogP contribution is -2.34. The summed E-state index contributed by atoms with van der Waals surface area (Å²) in [6.45, 7) is -0.00342. The second-order valence-electron chi connectivity index (χ2n) is 4.18. The van der Waals surface area contributed by atoms with Crippen LogP contribution in [0.1, 0.15) is 12.8 Å². The summed E-state index contributed by atoms with van der Waals surface area (Å²) in [7, 11) is -3.01. The Morgan fingerprint density at radius 3 is 2.69 bits per heavy atom. The van der Waals surface area contributed by atoms with Crippen LogP contribution in [0.2, 0.25) is 0 Å². The molecule has 92 valence electrons. The molecule has 1 N–H and O–H groups in total. The summed E-state index contributed by atoms with van der Waals surface area (Å²) >= 11 is 0. The Morgan fingerprint density at radius 1 is 1.38 bits per heavy atom. The number of aliphatic carboxylic acids is 1. The molecule has 0 saturated carbocycles. The molecule has 0 aromatic rings. The average molecular weight is 250 g/mol. The monoisotopic (exact) mass is 250 g/mol. The highest BCUT2D eigenvalue weighted by molar-refractivity contribution is 7.91. The van der Waals surface area contributed by atoms with Gasteiger partial charge in [-0.05, 0) is 12.8 Å². The zero-order valence-electron chi connectivity index (χ0n) is 8.66. The number of hydrogen-bond acceptors (Lipinski definition) is 5.